The van der Waals surface area contributed by atoms with Crippen molar-refractivity contribution in [2.75, 3.05) is 11.9 Å². The number of nitrogens with zero attached hydrogens (tertiary/aromatic N) is 4. The lowest BCUT2D eigenvalue weighted by atomic mass is 9.80. The van der Waals surface area contributed by atoms with Crippen molar-refractivity contribution in [1.29, 1.82) is 0 Å². The molecule has 0 spiro atoms. The normalized spacial score (nSPS) is 14.5. The topological polar surface area (TPSA) is 111 Å². The van der Waals surface area contributed by atoms with Crippen molar-refractivity contribution in [3.63, 3.8) is 0 Å². The summed E-state index contributed by atoms with van der Waals surface area (Å²) in [4.78, 5) is 25.8. The summed E-state index contributed by atoms with van der Waals surface area (Å²) >= 11 is 0. The molecule has 33 heavy (non-hydrogen) atoms. The minimum absolute atomic E-state index is 0.0934. The van der Waals surface area contributed by atoms with E-state index in [-0.39, 0.29) is 30.6 Å². The maximum absolute atomic E-state index is 13.9. The summed E-state index contributed by atoms with van der Waals surface area (Å²) in [5, 5.41) is 19.9. The highest BCUT2D eigenvalue weighted by Gasteiger charge is 2.30. The Morgan fingerprint density at radius 3 is 2.67 bits per heavy atom. The molecule has 1 aromatic carbocycles. The smallest absolute Gasteiger partial charge is 0.271 e. The summed E-state index contributed by atoms with van der Waals surface area (Å²) in [6, 6.07) is 5.00. The predicted octanol–water partition coefficient (Wildman–Crippen LogP) is 2.87. The first-order valence-corrected chi connectivity index (χ1v) is 10.6. The lowest BCUT2D eigenvalue weighted by molar-refractivity contribution is -0.120. The third-order valence-electron chi connectivity index (χ3n) is 5.54. The lowest BCUT2D eigenvalue weighted by Crippen LogP contribution is -2.36. The maximum atomic E-state index is 13.9. The molecule has 174 valence electrons. The van der Waals surface area contributed by atoms with Crippen LogP contribution < -0.4 is 15.6 Å². The number of ether oxygens (including phenoxy) is 1. The van der Waals surface area contributed by atoms with E-state index >= 15 is 0 Å². The monoisotopic (exact) mass is 459 g/mol. The molecule has 11 heteroatoms. The highest BCUT2D eigenvalue weighted by molar-refractivity contribution is 5.92. The second-order valence-electron chi connectivity index (χ2n) is 7.85. The van der Waals surface area contributed by atoms with Crippen molar-refractivity contribution in [1.82, 2.24) is 19.6 Å². The quantitative estimate of drug-likeness (QED) is 0.509. The first-order chi connectivity index (χ1) is 15.9. The number of carbonyl (C=O) groups excluding carboxylic acids is 1. The van der Waals surface area contributed by atoms with E-state index in [1.54, 1.807) is 12.3 Å². The largest absolute Gasteiger partial charge is 0.449 e. The summed E-state index contributed by atoms with van der Waals surface area (Å²) in [6.45, 7) is 0.191. The number of hydrogen-bond acceptors (Lipinski definition) is 6. The molecule has 4 rings (SSSR count). The highest BCUT2D eigenvalue weighted by Crippen LogP contribution is 2.34. The molecule has 2 aromatic heterocycles. The van der Waals surface area contributed by atoms with E-state index in [0.717, 1.165) is 48.3 Å². The maximum Gasteiger partial charge on any atom is 0.271 e. The second-order valence-corrected chi connectivity index (χ2v) is 7.85. The van der Waals surface area contributed by atoms with Crippen molar-refractivity contribution in [2.24, 2.45) is 5.92 Å². The van der Waals surface area contributed by atoms with Gasteiger partial charge in [0, 0.05) is 18.3 Å². The molecule has 1 fully saturated rings. The van der Waals surface area contributed by atoms with Gasteiger partial charge in [0.05, 0.1) is 19.3 Å². The number of aliphatic hydroxyl groups excluding tert-OH is 1. The third-order valence-corrected chi connectivity index (χ3v) is 5.54. The van der Waals surface area contributed by atoms with Gasteiger partial charge < -0.3 is 15.2 Å². The minimum atomic E-state index is -0.915. The number of benzene rings is 1. The van der Waals surface area contributed by atoms with E-state index in [0.29, 0.717) is 6.42 Å². The molecule has 1 atom stereocenters. The molecule has 0 aliphatic heterocycles. The van der Waals surface area contributed by atoms with Gasteiger partial charge in [0.1, 0.15) is 6.04 Å². The molecule has 1 aliphatic rings. The van der Waals surface area contributed by atoms with Crippen molar-refractivity contribution >= 4 is 11.7 Å². The number of para-hydroxylation sites is 1. The average molecular weight is 459 g/mol. The van der Waals surface area contributed by atoms with Gasteiger partial charge in [-0.05, 0) is 24.5 Å². The molecular weight excluding hydrogens is 436 g/mol. The number of carbonyl (C=O) groups is 1. The van der Waals surface area contributed by atoms with Crippen LogP contribution in [0.3, 0.4) is 0 Å². The van der Waals surface area contributed by atoms with Crippen LogP contribution in [0.2, 0.25) is 0 Å². The summed E-state index contributed by atoms with van der Waals surface area (Å²) in [5.74, 6) is -2.51. The van der Waals surface area contributed by atoms with Crippen LogP contribution in [-0.4, -0.2) is 37.2 Å². The van der Waals surface area contributed by atoms with Crippen LogP contribution in [0.5, 0.6) is 11.5 Å². The Kier molecular flexibility index (Phi) is 6.78. The van der Waals surface area contributed by atoms with Gasteiger partial charge in [-0.25, -0.2) is 13.5 Å². The van der Waals surface area contributed by atoms with E-state index in [1.807, 2.05) is 0 Å². The van der Waals surface area contributed by atoms with Crippen molar-refractivity contribution in [3.05, 3.63) is 64.7 Å². The summed E-state index contributed by atoms with van der Waals surface area (Å²) in [7, 11) is 0. The van der Waals surface area contributed by atoms with Gasteiger partial charge in [0.2, 0.25) is 0 Å². The number of anilines is 1. The molecule has 0 bridgehead atoms. The summed E-state index contributed by atoms with van der Waals surface area (Å²) < 4.78 is 35.4. The predicted molar refractivity (Wildman–Crippen MR) is 114 cm³/mol. The fourth-order valence-corrected chi connectivity index (χ4v) is 3.62. The van der Waals surface area contributed by atoms with E-state index in [2.05, 4.69) is 15.5 Å². The number of halogens is 2. The van der Waals surface area contributed by atoms with Gasteiger partial charge in [-0.15, -0.1) is 0 Å². The lowest BCUT2D eigenvalue weighted by Gasteiger charge is -2.29. The van der Waals surface area contributed by atoms with Crippen molar-refractivity contribution in [3.8, 4) is 11.5 Å². The number of aromatic nitrogens is 4. The average Bonchev–Trinajstić information content (AvgIpc) is 3.18. The zero-order valence-corrected chi connectivity index (χ0v) is 17.7. The number of nitrogens with one attached hydrogen (secondary N) is 1. The SMILES string of the molecule is O=C(Nc1ccn(CCO)n1)C(CC1CCC1)n1ncc(Oc2c(F)cccc2F)cc1=O. The van der Waals surface area contributed by atoms with Crippen LogP contribution in [0.1, 0.15) is 31.7 Å². The van der Waals surface area contributed by atoms with E-state index in [4.69, 9.17) is 9.84 Å². The summed E-state index contributed by atoms with van der Waals surface area (Å²) in [6.07, 6.45) is 6.15. The Morgan fingerprint density at radius 1 is 1.27 bits per heavy atom. The molecule has 1 saturated carbocycles. The van der Waals surface area contributed by atoms with E-state index in [1.165, 1.54) is 10.7 Å². The zero-order valence-electron chi connectivity index (χ0n) is 17.7. The molecule has 0 radical (unpaired) electrons. The molecule has 0 saturated heterocycles. The van der Waals surface area contributed by atoms with Gasteiger partial charge in [0.15, 0.2) is 29.0 Å². The van der Waals surface area contributed by atoms with Gasteiger partial charge in [-0.2, -0.15) is 10.2 Å². The number of hydrogen-bond donors (Lipinski definition) is 2. The standard InChI is InChI=1S/C22H23F2N5O4/c23-16-5-2-6-17(24)21(16)33-15-12-20(31)29(25-13-15)18(11-14-3-1-4-14)22(32)26-19-7-8-28(27-19)9-10-30/h2,5-8,12-14,18,30H,1,3-4,9-11H2,(H,26,27,32). The van der Waals surface area contributed by atoms with Crippen LogP contribution in [-0.2, 0) is 11.3 Å². The van der Waals surface area contributed by atoms with Crippen LogP contribution in [0.4, 0.5) is 14.6 Å². The molecule has 1 amide bonds. The van der Waals surface area contributed by atoms with Gasteiger partial charge in [-0.1, -0.05) is 25.3 Å². The Hall–Kier alpha value is -3.60. The first-order valence-electron chi connectivity index (χ1n) is 10.6. The second kappa shape index (κ2) is 9.90. The molecule has 2 heterocycles. The number of rotatable bonds is 9. The number of amides is 1. The van der Waals surface area contributed by atoms with Crippen molar-refractivity contribution < 1.29 is 23.4 Å². The Balaban J connectivity index is 1.56. The zero-order chi connectivity index (χ0) is 23.4. The minimum Gasteiger partial charge on any atom is -0.449 e. The van der Waals surface area contributed by atoms with Crippen LogP contribution in [0, 0.1) is 17.6 Å². The van der Waals surface area contributed by atoms with Gasteiger partial charge in [0.25, 0.3) is 11.5 Å². The fourth-order valence-electron chi connectivity index (χ4n) is 3.62. The molecule has 2 N–H and O–H groups in total. The molecule has 1 aliphatic carbocycles. The fraction of sp³-hybridized carbons (Fsp3) is 0.364. The van der Waals surface area contributed by atoms with Gasteiger partial charge in [-0.3, -0.25) is 14.3 Å². The van der Waals surface area contributed by atoms with Crippen molar-refractivity contribution in [2.45, 2.75) is 38.3 Å². The van der Waals surface area contributed by atoms with Crippen LogP contribution in [0.25, 0.3) is 0 Å². The highest BCUT2D eigenvalue weighted by atomic mass is 19.1. The Morgan fingerprint density at radius 2 is 2.03 bits per heavy atom. The first kappa shape index (κ1) is 22.6. The molecule has 9 nitrogen and oxygen atoms in total. The Bertz CT molecular complexity index is 1170. The third kappa shape index (κ3) is 5.25. The Labute approximate surface area is 187 Å². The van der Waals surface area contributed by atoms with Crippen LogP contribution >= 0.6 is 0 Å². The van der Waals surface area contributed by atoms with Gasteiger partial charge >= 0.3 is 0 Å². The molecule has 1 unspecified atom stereocenters. The number of aliphatic hydroxyl groups is 1. The molecular formula is C22H23F2N5O4. The van der Waals surface area contributed by atoms with Crippen LogP contribution in [0.15, 0.2) is 47.5 Å². The molecule has 3 aromatic rings. The summed E-state index contributed by atoms with van der Waals surface area (Å²) in [5.41, 5.74) is -0.644. The van der Waals surface area contributed by atoms with E-state index in [9.17, 15) is 18.4 Å². The van der Waals surface area contributed by atoms with E-state index < -0.39 is 34.9 Å².